The van der Waals surface area contributed by atoms with Crippen LogP contribution in [0.5, 0.6) is 5.75 Å². The number of nitro groups is 1. The van der Waals surface area contributed by atoms with E-state index in [9.17, 15) is 14.9 Å². The van der Waals surface area contributed by atoms with Crippen molar-refractivity contribution in [3.8, 4) is 5.75 Å². The SMILES string of the molecule is Cc1cc(OCC(=O)Nc2cc([N+](=O)[O-])ccc2Cl)ccc1Cl. The molecule has 8 heteroatoms. The van der Waals surface area contributed by atoms with Crippen LogP contribution in [0.3, 0.4) is 0 Å². The summed E-state index contributed by atoms with van der Waals surface area (Å²) in [5.74, 6) is 0.00666. The molecule has 0 aromatic heterocycles. The predicted octanol–water partition coefficient (Wildman–Crippen LogP) is 4.23. The van der Waals surface area contributed by atoms with Gasteiger partial charge in [-0.2, -0.15) is 0 Å². The zero-order chi connectivity index (χ0) is 17.0. The number of ether oxygens (including phenoxy) is 1. The van der Waals surface area contributed by atoms with Gasteiger partial charge in [0, 0.05) is 17.2 Å². The van der Waals surface area contributed by atoms with Crippen LogP contribution in [0.4, 0.5) is 11.4 Å². The van der Waals surface area contributed by atoms with Crippen LogP contribution in [0.25, 0.3) is 0 Å². The summed E-state index contributed by atoms with van der Waals surface area (Å²) in [4.78, 5) is 22.0. The van der Waals surface area contributed by atoms with Crippen LogP contribution in [0, 0.1) is 17.0 Å². The largest absolute Gasteiger partial charge is 0.484 e. The maximum Gasteiger partial charge on any atom is 0.271 e. The van der Waals surface area contributed by atoms with Gasteiger partial charge >= 0.3 is 0 Å². The minimum Gasteiger partial charge on any atom is -0.484 e. The number of nitrogens with one attached hydrogen (secondary N) is 1. The van der Waals surface area contributed by atoms with Gasteiger partial charge in [-0.3, -0.25) is 14.9 Å². The first kappa shape index (κ1) is 17.1. The van der Waals surface area contributed by atoms with E-state index in [0.29, 0.717) is 10.8 Å². The second-order valence-electron chi connectivity index (χ2n) is 4.67. The summed E-state index contributed by atoms with van der Waals surface area (Å²) in [5, 5.41) is 14.0. The first-order valence-electron chi connectivity index (χ1n) is 6.49. The van der Waals surface area contributed by atoms with E-state index in [4.69, 9.17) is 27.9 Å². The molecule has 0 atom stereocenters. The molecule has 2 aromatic rings. The fourth-order valence-corrected chi connectivity index (χ4v) is 2.05. The molecular formula is C15H12Cl2N2O4. The molecule has 0 radical (unpaired) electrons. The van der Waals surface area contributed by atoms with Gasteiger partial charge in [-0.1, -0.05) is 23.2 Å². The summed E-state index contributed by atoms with van der Waals surface area (Å²) in [7, 11) is 0. The number of non-ortho nitro benzene ring substituents is 1. The molecule has 0 saturated heterocycles. The molecule has 0 aliphatic heterocycles. The highest BCUT2D eigenvalue weighted by atomic mass is 35.5. The van der Waals surface area contributed by atoms with Crippen molar-refractivity contribution in [1.29, 1.82) is 0 Å². The molecular weight excluding hydrogens is 343 g/mol. The number of halogens is 2. The van der Waals surface area contributed by atoms with Gasteiger partial charge in [0.15, 0.2) is 6.61 Å². The van der Waals surface area contributed by atoms with Crippen LogP contribution < -0.4 is 10.1 Å². The highest BCUT2D eigenvalue weighted by Gasteiger charge is 2.12. The molecule has 0 spiro atoms. The van der Waals surface area contributed by atoms with E-state index in [2.05, 4.69) is 5.32 Å². The standard InChI is InChI=1S/C15H12Cl2N2O4/c1-9-6-11(3-5-12(9)16)23-8-15(20)18-14-7-10(19(21)22)2-4-13(14)17/h2-7H,8H2,1H3,(H,18,20). The Kier molecular flexibility index (Phi) is 5.41. The molecule has 0 aliphatic carbocycles. The quantitative estimate of drug-likeness (QED) is 0.643. The monoisotopic (exact) mass is 354 g/mol. The Labute approximate surface area is 142 Å². The van der Waals surface area contributed by atoms with Crippen molar-refractivity contribution < 1.29 is 14.5 Å². The Morgan fingerprint density at radius 3 is 2.57 bits per heavy atom. The topological polar surface area (TPSA) is 81.5 Å². The maximum absolute atomic E-state index is 11.9. The van der Waals surface area contributed by atoms with Crippen molar-refractivity contribution >= 4 is 40.5 Å². The van der Waals surface area contributed by atoms with E-state index in [1.54, 1.807) is 18.2 Å². The van der Waals surface area contributed by atoms with Crippen molar-refractivity contribution in [3.05, 3.63) is 62.1 Å². The number of rotatable bonds is 5. The van der Waals surface area contributed by atoms with E-state index in [1.807, 2.05) is 6.92 Å². The molecule has 0 aliphatic rings. The lowest BCUT2D eigenvalue weighted by Gasteiger charge is -2.09. The van der Waals surface area contributed by atoms with Crippen LogP contribution in [0.1, 0.15) is 5.56 Å². The summed E-state index contributed by atoms with van der Waals surface area (Å²) in [5.41, 5.74) is 0.812. The average molecular weight is 355 g/mol. The van der Waals surface area contributed by atoms with Crippen molar-refractivity contribution in [2.75, 3.05) is 11.9 Å². The van der Waals surface area contributed by atoms with E-state index in [1.165, 1.54) is 18.2 Å². The van der Waals surface area contributed by atoms with E-state index in [-0.39, 0.29) is 23.0 Å². The van der Waals surface area contributed by atoms with E-state index < -0.39 is 10.8 Å². The minimum absolute atomic E-state index is 0.154. The zero-order valence-corrected chi connectivity index (χ0v) is 13.5. The fourth-order valence-electron chi connectivity index (χ4n) is 1.76. The number of hydrogen-bond acceptors (Lipinski definition) is 4. The van der Waals surface area contributed by atoms with Gasteiger partial charge in [-0.15, -0.1) is 0 Å². The van der Waals surface area contributed by atoms with Crippen molar-refractivity contribution in [2.45, 2.75) is 6.92 Å². The van der Waals surface area contributed by atoms with Gasteiger partial charge in [0.25, 0.3) is 11.6 Å². The number of hydrogen-bond donors (Lipinski definition) is 1. The summed E-state index contributed by atoms with van der Waals surface area (Å²) in [6, 6.07) is 8.80. The highest BCUT2D eigenvalue weighted by Crippen LogP contribution is 2.26. The first-order valence-corrected chi connectivity index (χ1v) is 7.25. The first-order chi connectivity index (χ1) is 10.9. The third-order valence-electron chi connectivity index (χ3n) is 2.93. The van der Waals surface area contributed by atoms with Gasteiger partial charge in [-0.05, 0) is 36.8 Å². The molecule has 0 saturated carbocycles. The molecule has 6 nitrogen and oxygen atoms in total. The van der Waals surface area contributed by atoms with Crippen molar-refractivity contribution in [2.24, 2.45) is 0 Å². The van der Waals surface area contributed by atoms with Crippen LogP contribution in [0.15, 0.2) is 36.4 Å². The lowest BCUT2D eigenvalue weighted by atomic mass is 10.2. The number of carbonyl (C=O) groups excluding carboxylic acids is 1. The minimum atomic E-state index is -0.570. The molecule has 0 unspecified atom stereocenters. The van der Waals surface area contributed by atoms with E-state index in [0.717, 1.165) is 5.56 Å². The van der Waals surface area contributed by atoms with Gasteiger partial charge in [0.2, 0.25) is 0 Å². The van der Waals surface area contributed by atoms with E-state index >= 15 is 0 Å². The van der Waals surface area contributed by atoms with Crippen LogP contribution in [0.2, 0.25) is 10.0 Å². The molecule has 2 rings (SSSR count). The Morgan fingerprint density at radius 2 is 1.91 bits per heavy atom. The maximum atomic E-state index is 11.9. The summed E-state index contributed by atoms with van der Waals surface area (Å²) in [6.07, 6.45) is 0. The molecule has 23 heavy (non-hydrogen) atoms. The number of nitro benzene ring substituents is 1. The molecule has 0 fully saturated rings. The Hall–Kier alpha value is -2.31. The number of aryl methyl sites for hydroxylation is 1. The van der Waals surface area contributed by atoms with Gasteiger partial charge in [0.05, 0.1) is 15.6 Å². The number of carbonyl (C=O) groups is 1. The zero-order valence-electron chi connectivity index (χ0n) is 12.0. The lowest BCUT2D eigenvalue weighted by Crippen LogP contribution is -2.20. The smallest absolute Gasteiger partial charge is 0.271 e. The second-order valence-corrected chi connectivity index (χ2v) is 5.48. The third kappa shape index (κ3) is 4.58. The molecule has 120 valence electrons. The molecule has 1 amide bonds. The number of amides is 1. The molecule has 0 heterocycles. The van der Waals surface area contributed by atoms with Crippen LogP contribution >= 0.6 is 23.2 Å². The summed E-state index contributed by atoms with van der Waals surface area (Å²) >= 11 is 11.8. The number of anilines is 1. The Balaban J connectivity index is 2.00. The third-order valence-corrected chi connectivity index (χ3v) is 3.69. The van der Waals surface area contributed by atoms with Crippen molar-refractivity contribution in [3.63, 3.8) is 0 Å². The lowest BCUT2D eigenvalue weighted by molar-refractivity contribution is -0.384. The van der Waals surface area contributed by atoms with Gasteiger partial charge < -0.3 is 10.1 Å². The van der Waals surface area contributed by atoms with Gasteiger partial charge in [-0.25, -0.2) is 0 Å². The Bertz CT molecular complexity index is 765. The van der Waals surface area contributed by atoms with Gasteiger partial charge in [0.1, 0.15) is 5.75 Å². The van der Waals surface area contributed by atoms with Crippen LogP contribution in [-0.2, 0) is 4.79 Å². The van der Waals surface area contributed by atoms with Crippen LogP contribution in [-0.4, -0.2) is 17.4 Å². The number of nitrogens with zero attached hydrogens (tertiary/aromatic N) is 1. The normalized spacial score (nSPS) is 10.2. The summed E-state index contributed by atoms with van der Waals surface area (Å²) < 4.78 is 5.35. The Morgan fingerprint density at radius 1 is 1.22 bits per heavy atom. The molecule has 0 bridgehead atoms. The predicted molar refractivity (Wildman–Crippen MR) is 88.4 cm³/mol. The molecule has 2 aromatic carbocycles. The highest BCUT2D eigenvalue weighted by molar-refractivity contribution is 6.33. The van der Waals surface area contributed by atoms with Crippen molar-refractivity contribution in [1.82, 2.24) is 0 Å². The second kappa shape index (κ2) is 7.30. The molecule has 1 N–H and O–H groups in total. The summed E-state index contributed by atoms with van der Waals surface area (Å²) in [6.45, 7) is 1.55. The average Bonchev–Trinajstić information content (AvgIpc) is 2.50. The fraction of sp³-hybridized carbons (Fsp3) is 0.133. The number of benzene rings is 2.